The second-order valence-corrected chi connectivity index (χ2v) is 3.36. The molecule has 86 valence electrons. The van der Waals surface area contributed by atoms with E-state index in [9.17, 15) is 0 Å². The fraction of sp³-hybridized carbons (Fsp3) is 0.417. The van der Waals surface area contributed by atoms with Gasteiger partial charge in [0.1, 0.15) is 6.29 Å². The number of anilines is 1. The molecule has 0 bridgehead atoms. The van der Waals surface area contributed by atoms with Gasteiger partial charge in [0, 0.05) is 17.2 Å². The monoisotopic (exact) mass is 273 g/mol. The van der Waals surface area contributed by atoms with Crippen LogP contribution in [-0.2, 0) is 4.79 Å². The highest BCUT2D eigenvalue weighted by Gasteiger charge is 1.93. The van der Waals surface area contributed by atoms with Gasteiger partial charge < -0.3 is 10.1 Å². The molecule has 1 aromatic carbocycles. The molecule has 0 spiro atoms. The van der Waals surface area contributed by atoms with Gasteiger partial charge in [0.2, 0.25) is 0 Å². The van der Waals surface area contributed by atoms with Crippen molar-refractivity contribution in [3.8, 4) is 0 Å². The molecule has 0 saturated heterocycles. The predicted octanol–water partition coefficient (Wildman–Crippen LogP) is 4.03. The molecule has 0 atom stereocenters. The van der Waals surface area contributed by atoms with E-state index in [1.165, 1.54) is 18.2 Å². The highest BCUT2D eigenvalue weighted by molar-refractivity contribution is 9.10. The van der Waals surface area contributed by atoms with Crippen LogP contribution in [0.25, 0.3) is 0 Å². The van der Waals surface area contributed by atoms with Crippen LogP contribution < -0.4 is 5.32 Å². The lowest BCUT2D eigenvalue weighted by molar-refractivity contribution is -0.106. The topological polar surface area (TPSA) is 29.1 Å². The molecule has 0 aliphatic heterocycles. The number of aldehydes is 1. The maximum absolute atomic E-state index is 8.81. The van der Waals surface area contributed by atoms with Gasteiger partial charge in [-0.05, 0) is 37.6 Å². The first-order valence-corrected chi connectivity index (χ1v) is 5.78. The third kappa shape index (κ3) is 8.18. The van der Waals surface area contributed by atoms with Gasteiger partial charge in [-0.1, -0.05) is 29.8 Å². The molecule has 0 amide bonds. The summed E-state index contributed by atoms with van der Waals surface area (Å²) < 4.78 is 1.13. The van der Waals surface area contributed by atoms with Crippen LogP contribution in [0.3, 0.4) is 0 Å². The van der Waals surface area contributed by atoms with Crippen LogP contribution in [0.15, 0.2) is 22.7 Å². The van der Waals surface area contributed by atoms with Gasteiger partial charge in [-0.2, -0.15) is 0 Å². The van der Waals surface area contributed by atoms with E-state index in [1.807, 2.05) is 27.0 Å². The summed E-state index contributed by atoms with van der Waals surface area (Å²) in [5.41, 5.74) is 2.44. The third-order valence-electron chi connectivity index (χ3n) is 1.46. The molecule has 0 aliphatic carbocycles. The average molecular weight is 274 g/mol. The molecule has 0 heterocycles. The van der Waals surface area contributed by atoms with Crippen LogP contribution in [0, 0.1) is 6.92 Å². The molecule has 0 aromatic heterocycles. The van der Waals surface area contributed by atoms with E-state index in [0.717, 1.165) is 10.8 Å². The molecule has 1 rings (SSSR count). The van der Waals surface area contributed by atoms with Crippen molar-refractivity contribution in [2.45, 2.75) is 27.7 Å². The Morgan fingerprint density at radius 3 is 2.13 bits per heavy atom. The molecule has 0 radical (unpaired) electrons. The lowest BCUT2D eigenvalue weighted by atomic mass is 10.2. The van der Waals surface area contributed by atoms with Crippen molar-refractivity contribution < 1.29 is 4.79 Å². The molecule has 1 N–H and O–H groups in total. The minimum atomic E-state index is 0.750. The van der Waals surface area contributed by atoms with E-state index in [-0.39, 0.29) is 0 Å². The summed E-state index contributed by atoms with van der Waals surface area (Å²) in [5, 5.41) is 3.10. The van der Waals surface area contributed by atoms with Gasteiger partial charge in [-0.25, -0.2) is 0 Å². The zero-order chi connectivity index (χ0) is 12.3. The molecule has 0 saturated carbocycles. The molecule has 15 heavy (non-hydrogen) atoms. The first-order valence-electron chi connectivity index (χ1n) is 4.99. The molecular weight excluding hydrogens is 254 g/mol. The minimum Gasteiger partial charge on any atom is -0.388 e. The Kier molecular flexibility index (Phi) is 12.4. The Morgan fingerprint density at radius 1 is 1.33 bits per heavy atom. The van der Waals surface area contributed by atoms with Crippen molar-refractivity contribution in [2.75, 3.05) is 12.4 Å². The van der Waals surface area contributed by atoms with E-state index in [2.05, 4.69) is 40.3 Å². The molecule has 0 aliphatic rings. The van der Waals surface area contributed by atoms with Crippen LogP contribution in [-0.4, -0.2) is 13.3 Å². The summed E-state index contributed by atoms with van der Waals surface area (Å²) >= 11 is 3.40. The average Bonchev–Trinajstić information content (AvgIpc) is 2.22. The van der Waals surface area contributed by atoms with Gasteiger partial charge in [-0.15, -0.1) is 0 Å². The highest BCUT2D eigenvalue weighted by Crippen LogP contribution is 2.18. The fourth-order valence-electron chi connectivity index (χ4n) is 0.908. The van der Waals surface area contributed by atoms with E-state index >= 15 is 0 Å². The second-order valence-electron chi connectivity index (χ2n) is 2.44. The minimum absolute atomic E-state index is 0.750. The van der Waals surface area contributed by atoms with Gasteiger partial charge in [0.15, 0.2) is 0 Å². The molecule has 0 unspecified atom stereocenters. The molecule has 1 aromatic rings. The first kappa shape index (κ1) is 16.6. The zero-order valence-electron chi connectivity index (χ0n) is 10.1. The van der Waals surface area contributed by atoms with Gasteiger partial charge in [0.05, 0.1) is 0 Å². The summed E-state index contributed by atoms with van der Waals surface area (Å²) in [6.07, 6.45) is 0.750. The van der Waals surface area contributed by atoms with Crippen LogP contribution in [0.4, 0.5) is 5.69 Å². The SMILES string of the molecule is CC.CC=O.CNc1ccc(Br)cc1C. The summed E-state index contributed by atoms with van der Waals surface area (Å²) in [6.45, 7) is 7.52. The Hall–Kier alpha value is -0.830. The van der Waals surface area contributed by atoms with Crippen molar-refractivity contribution in [3.63, 3.8) is 0 Å². The smallest absolute Gasteiger partial charge is 0.116 e. The molecule has 3 heteroatoms. The molecule has 2 nitrogen and oxygen atoms in total. The second kappa shape index (κ2) is 11.2. The number of rotatable bonds is 1. The Balaban J connectivity index is 0. The quantitative estimate of drug-likeness (QED) is 0.783. The maximum atomic E-state index is 8.81. The van der Waals surface area contributed by atoms with Crippen LogP contribution in [0.2, 0.25) is 0 Å². The number of aryl methyl sites for hydroxylation is 1. The van der Waals surface area contributed by atoms with Crippen LogP contribution in [0.5, 0.6) is 0 Å². The van der Waals surface area contributed by atoms with Crippen molar-refractivity contribution in [3.05, 3.63) is 28.2 Å². The Labute approximate surface area is 101 Å². The Morgan fingerprint density at radius 2 is 1.80 bits per heavy atom. The predicted molar refractivity (Wildman–Crippen MR) is 71.5 cm³/mol. The summed E-state index contributed by atoms with van der Waals surface area (Å²) in [7, 11) is 1.93. The van der Waals surface area contributed by atoms with Crippen LogP contribution in [0.1, 0.15) is 26.3 Å². The zero-order valence-corrected chi connectivity index (χ0v) is 11.7. The van der Waals surface area contributed by atoms with Crippen molar-refractivity contribution >= 4 is 27.9 Å². The number of hydrogen-bond acceptors (Lipinski definition) is 2. The number of halogens is 1. The van der Waals surface area contributed by atoms with Crippen molar-refractivity contribution in [1.29, 1.82) is 0 Å². The number of hydrogen-bond donors (Lipinski definition) is 1. The number of nitrogens with one attached hydrogen (secondary N) is 1. The number of carbonyl (C=O) groups excluding carboxylic acids is 1. The normalized spacial score (nSPS) is 7.60. The van der Waals surface area contributed by atoms with Gasteiger partial charge >= 0.3 is 0 Å². The Bertz CT molecular complexity index is 274. The molecular formula is C12H20BrNO. The third-order valence-corrected chi connectivity index (χ3v) is 1.95. The first-order chi connectivity index (χ1) is 7.15. The largest absolute Gasteiger partial charge is 0.388 e. The lowest BCUT2D eigenvalue weighted by Gasteiger charge is -2.03. The molecule has 0 fully saturated rings. The van der Waals surface area contributed by atoms with E-state index in [1.54, 1.807) is 0 Å². The fourth-order valence-corrected chi connectivity index (χ4v) is 1.38. The maximum Gasteiger partial charge on any atom is 0.116 e. The summed E-state index contributed by atoms with van der Waals surface area (Å²) in [5.74, 6) is 0. The van der Waals surface area contributed by atoms with Crippen molar-refractivity contribution in [1.82, 2.24) is 0 Å². The number of carbonyl (C=O) groups is 1. The van der Waals surface area contributed by atoms with Gasteiger partial charge in [-0.3, -0.25) is 0 Å². The van der Waals surface area contributed by atoms with Crippen molar-refractivity contribution in [2.24, 2.45) is 0 Å². The van der Waals surface area contributed by atoms with Gasteiger partial charge in [0.25, 0.3) is 0 Å². The number of benzene rings is 1. The van der Waals surface area contributed by atoms with E-state index in [4.69, 9.17) is 4.79 Å². The summed E-state index contributed by atoms with van der Waals surface area (Å²) in [6, 6.07) is 6.17. The van der Waals surface area contributed by atoms with Crippen LogP contribution >= 0.6 is 15.9 Å². The summed E-state index contributed by atoms with van der Waals surface area (Å²) in [4.78, 5) is 8.81. The van der Waals surface area contributed by atoms with E-state index < -0.39 is 0 Å². The van der Waals surface area contributed by atoms with E-state index in [0.29, 0.717) is 0 Å². The highest BCUT2D eigenvalue weighted by atomic mass is 79.9. The lowest BCUT2D eigenvalue weighted by Crippen LogP contribution is -1.90. The standard InChI is InChI=1S/C8H10BrN.C2H4O.C2H6/c1-6-5-7(9)3-4-8(6)10-2;1-2-3;1-2/h3-5,10H,1-2H3;2H,1H3;1-2H3.